The molecule has 13 heavy (non-hydrogen) atoms. The van der Waals surface area contributed by atoms with Gasteiger partial charge >= 0.3 is 0 Å². The fourth-order valence-corrected chi connectivity index (χ4v) is 2.15. The Hall–Kier alpha value is -0.970. The van der Waals surface area contributed by atoms with Gasteiger partial charge in [0, 0.05) is 13.1 Å². The molecule has 1 fully saturated rings. The van der Waals surface area contributed by atoms with E-state index < -0.39 is 0 Å². The highest BCUT2D eigenvalue weighted by Gasteiger charge is 2.30. The Morgan fingerprint density at radius 2 is 2.31 bits per heavy atom. The molecule has 0 saturated heterocycles. The Bertz CT molecular complexity index is 308. The van der Waals surface area contributed by atoms with E-state index in [2.05, 4.69) is 16.3 Å². The van der Waals surface area contributed by atoms with Gasteiger partial charge in [0.05, 0.1) is 7.11 Å². The van der Waals surface area contributed by atoms with Gasteiger partial charge in [-0.1, -0.05) is 0 Å². The highest BCUT2D eigenvalue weighted by atomic mass is 32.1. The molecule has 0 radical (unpaired) electrons. The number of nitrogens with two attached hydrogens (primary N) is 1. The van der Waals surface area contributed by atoms with E-state index in [0.29, 0.717) is 11.9 Å². The van der Waals surface area contributed by atoms with Crippen molar-refractivity contribution in [1.29, 1.82) is 0 Å². The highest BCUT2D eigenvalue weighted by molar-refractivity contribution is 7.11. The number of hydrogen-bond acceptors (Lipinski definition) is 5. The zero-order valence-corrected chi connectivity index (χ0v) is 8.60. The van der Waals surface area contributed by atoms with E-state index in [-0.39, 0.29) is 0 Å². The summed E-state index contributed by atoms with van der Waals surface area (Å²) < 4.78 is 9.27. The van der Waals surface area contributed by atoms with Gasteiger partial charge in [-0.3, -0.25) is 0 Å². The summed E-state index contributed by atoms with van der Waals surface area (Å²) in [7, 11) is 3.69. The van der Waals surface area contributed by atoms with Crippen LogP contribution in [0.2, 0.25) is 0 Å². The van der Waals surface area contributed by atoms with Gasteiger partial charge in [-0.05, 0) is 24.4 Å². The molecular weight excluding hydrogens is 186 g/mol. The van der Waals surface area contributed by atoms with Gasteiger partial charge in [-0.2, -0.15) is 4.37 Å². The fraction of sp³-hybridized carbons (Fsp3) is 0.625. The van der Waals surface area contributed by atoms with Crippen LogP contribution in [0.3, 0.4) is 0 Å². The number of nitrogen functional groups attached to an aromatic ring is 1. The van der Waals surface area contributed by atoms with Crippen molar-refractivity contribution in [2.45, 2.75) is 18.9 Å². The predicted molar refractivity (Wildman–Crippen MR) is 54.5 cm³/mol. The number of rotatable bonds is 3. The standard InChI is InChI=1S/C8H13N3OS/c1-11(5-3-4-5)8-6(12-2)7(9)10-13-8/h5H,3-4H2,1-2H3,(H2,9,10). The van der Waals surface area contributed by atoms with Crippen molar-refractivity contribution >= 4 is 22.4 Å². The van der Waals surface area contributed by atoms with Crippen molar-refractivity contribution in [3.63, 3.8) is 0 Å². The average Bonchev–Trinajstić information content (AvgIpc) is 2.89. The Morgan fingerprint density at radius 3 is 2.85 bits per heavy atom. The van der Waals surface area contributed by atoms with Crippen molar-refractivity contribution in [2.24, 2.45) is 0 Å². The van der Waals surface area contributed by atoms with E-state index in [1.165, 1.54) is 24.4 Å². The van der Waals surface area contributed by atoms with Crippen LogP contribution in [0.5, 0.6) is 5.75 Å². The number of methoxy groups -OCH3 is 1. The molecule has 2 rings (SSSR count). The van der Waals surface area contributed by atoms with Crippen molar-refractivity contribution in [3.8, 4) is 5.75 Å². The molecule has 5 heteroatoms. The van der Waals surface area contributed by atoms with Crippen LogP contribution in [0, 0.1) is 0 Å². The molecule has 0 atom stereocenters. The summed E-state index contributed by atoms with van der Waals surface area (Å²) in [6.45, 7) is 0. The second-order valence-corrected chi connectivity index (χ2v) is 4.00. The summed E-state index contributed by atoms with van der Waals surface area (Å²) in [5, 5.41) is 1.04. The minimum absolute atomic E-state index is 0.495. The third-order valence-electron chi connectivity index (χ3n) is 2.28. The van der Waals surface area contributed by atoms with Crippen LogP contribution in [0.1, 0.15) is 12.8 Å². The Balaban J connectivity index is 2.27. The van der Waals surface area contributed by atoms with Crippen LogP contribution >= 0.6 is 11.5 Å². The Kier molecular flexibility index (Phi) is 2.03. The molecule has 0 aromatic carbocycles. The molecule has 72 valence electrons. The lowest BCUT2D eigenvalue weighted by molar-refractivity contribution is 0.418. The quantitative estimate of drug-likeness (QED) is 0.798. The van der Waals surface area contributed by atoms with Crippen LogP contribution in [0.4, 0.5) is 10.8 Å². The lowest BCUT2D eigenvalue weighted by Crippen LogP contribution is -2.18. The molecule has 0 amide bonds. The number of aromatic nitrogens is 1. The van der Waals surface area contributed by atoms with Gasteiger partial charge < -0.3 is 15.4 Å². The number of anilines is 2. The van der Waals surface area contributed by atoms with Crippen LogP contribution < -0.4 is 15.4 Å². The third-order valence-corrected chi connectivity index (χ3v) is 3.21. The van der Waals surface area contributed by atoms with Gasteiger partial charge in [0.1, 0.15) is 0 Å². The summed E-state index contributed by atoms with van der Waals surface area (Å²) in [5.41, 5.74) is 5.66. The molecular formula is C8H13N3OS. The number of nitrogens with zero attached hydrogens (tertiary/aromatic N) is 2. The zero-order valence-electron chi connectivity index (χ0n) is 7.78. The molecule has 0 unspecified atom stereocenters. The lowest BCUT2D eigenvalue weighted by Gasteiger charge is -2.16. The van der Waals surface area contributed by atoms with Crippen LogP contribution in [-0.2, 0) is 0 Å². The molecule has 0 bridgehead atoms. The fourth-order valence-electron chi connectivity index (χ4n) is 1.33. The van der Waals surface area contributed by atoms with Gasteiger partial charge in [0.2, 0.25) is 0 Å². The maximum Gasteiger partial charge on any atom is 0.197 e. The molecule has 1 aromatic heterocycles. The van der Waals surface area contributed by atoms with Crippen molar-refractivity contribution in [3.05, 3.63) is 0 Å². The minimum Gasteiger partial charge on any atom is -0.490 e. The summed E-state index contributed by atoms with van der Waals surface area (Å²) in [6.07, 6.45) is 2.52. The smallest absolute Gasteiger partial charge is 0.197 e. The maximum absolute atomic E-state index is 5.66. The molecule has 1 heterocycles. The first-order valence-electron chi connectivity index (χ1n) is 4.26. The van der Waals surface area contributed by atoms with Crippen LogP contribution in [0.15, 0.2) is 0 Å². The Morgan fingerprint density at radius 1 is 1.62 bits per heavy atom. The third kappa shape index (κ3) is 1.44. The van der Waals surface area contributed by atoms with Crippen LogP contribution in [-0.4, -0.2) is 24.6 Å². The van der Waals surface area contributed by atoms with Crippen molar-refractivity contribution in [1.82, 2.24) is 4.37 Å². The van der Waals surface area contributed by atoms with E-state index in [0.717, 1.165) is 10.8 Å². The lowest BCUT2D eigenvalue weighted by atomic mass is 10.5. The molecule has 1 saturated carbocycles. The van der Waals surface area contributed by atoms with Crippen molar-refractivity contribution in [2.75, 3.05) is 24.8 Å². The van der Waals surface area contributed by atoms with Gasteiger partial charge in [0.15, 0.2) is 16.6 Å². The molecule has 1 aliphatic carbocycles. The first kappa shape index (κ1) is 8.62. The first-order chi connectivity index (χ1) is 6.24. The van der Waals surface area contributed by atoms with E-state index in [4.69, 9.17) is 10.5 Å². The van der Waals surface area contributed by atoms with E-state index >= 15 is 0 Å². The van der Waals surface area contributed by atoms with Crippen LogP contribution in [0.25, 0.3) is 0 Å². The van der Waals surface area contributed by atoms with E-state index in [1.807, 2.05) is 0 Å². The summed E-state index contributed by atoms with van der Waals surface area (Å²) in [4.78, 5) is 2.20. The second kappa shape index (κ2) is 3.06. The Labute approximate surface area is 81.5 Å². The van der Waals surface area contributed by atoms with Gasteiger partial charge in [0.25, 0.3) is 0 Å². The van der Waals surface area contributed by atoms with E-state index in [9.17, 15) is 0 Å². The molecule has 4 nitrogen and oxygen atoms in total. The van der Waals surface area contributed by atoms with E-state index in [1.54, 1.807) is 7.11 Å². The topological polar surface area (TPSA) is 51.4 Å². The normalized spacial score (nSPS) is 15.8. The maximum atomic E-state index is 5.66. The SMILES string of the molecule is COc1c(N)nsc1N(C)C1CC1. The number of ether oxygens (including phenoxy) is 1. The highest BCUT2D eigenvalue weighted by Crippen LogP contribution is 2.41. The number of hydrogen-bond donors (Lipinski definition) is 1. The molecule has 2 N–H and O–H groups in total. The summed E-state index contributed by atoms with van der Waals surface area (Å²) in [6, 6.07) is 0.661. The molecule has 1 aromatic rings. The molecule has 1 aliphatic rings. The molecule has 0 spiro atoms. The predicted octanol–water partition coefficient (Wildman–Crippen LogP) is 1.33. The molecule has 0 aliphatic heterocycles. The minimum atomic E-state index is 0.495. The largest absolute Gasteiger partial charge is 0.490 e. The summed E-state index contributed by atoms with van der Waals surface area (Å²) >= 11 is 1.40. The summed E-state index contributed by atoms with van der Waals surface area (Å²) in [5.74, 6) is 1.22. The zero-order chi connectivity index (χ0) is 9.42. The first-order valence-corrected chi connectivity index (χ1v) is 5.03. The second-order valence-electron chi connectivity index (χ2n) is 3.25. The van der Waals surface area contributed by atoms with Crippen molar-refractivity contribution < 1.29 is 4.74 Å². The average molecular weight is 199 g/mol. The monoisotopic (exact) mass is 199 g/mol. The van der Waals surface area contributed by atoms with Gasteiger partial charge in [-0.25, -0.2) is 0 Å². The van der Waals surface area contributed by atoms with Gasteiger partial charge in [-0.15, -0.1) is 0 Å².